The molecular formula is C18H28N2O. The van der Waals surface area contributed by atoms with E-state index in [0.717, 1.165) is 51.5 Å². The fraction of sp³-hybridized carbons (Fsp3) is 0.556. The van der Waals surface area contributed by atoms with Crippen molar-refractivity contribution >= 4 is 0 Å². The van der Waals surface area contributed by atoms with Gasteiger partial charge in [0.2, 0.25) is 0 Å². The van der Waals surface area contributed by atoms with Gasteiger partial charge in [0.05, 0.1) is 0 Å². The van der Waals surface area contributed by atoms with E-state index in [1.165, 1.54) is 5.56 Å². The van der Waals surface area contributed by atoms with Gasteiger partial charge in [-0.05, 0) is 36.6 Å². The lowest BCUT2D eigenvalue weighted by Crippen LogP contribution is -2.31. The molecule has 0 atom stereocenters. The standard InChI is InChI=1S/C18H28N2O/c1-16(2)14-19-15-17-7-6-8-18(13-17)21-12-11-20-9-4-3-5-10-20/h3-4,6-8,13,16,19H,5,9-12,14-15H2,1-2H3. The van der Waals surface area contributed by atoms with Crippen LogP contribution in [0, 0.1) is 5.92 Å². The Hall–Kier alpha value is -1.32. The molecule has 0 saturated heterocycles. The maximum atomic E-state index is 5.88. The highest BCUT2D eigenvalue weighted by Crippen LogP contribution is 2.13. The van der Waals surface area contributed by atoms with Crippen molar-refractivity contribution in [2.24, 2.45) is 5.92 Å². The van der Waals surface area contributed by atoms with Gasteiger partial charge in [-0.1, -0.05) is 38.1 Å². The zero-order valence-electron chi connectivity index (χ0n) is 13.3. The number of hydrogen-bond donors (Lipinski definition) is 1. The highest BCUT2D eigenvalue weighted by Gasteiger charge is 2.05. The van der Waals surface area contributed by atoms with Gasteiger partial charge in [-0.3, -0.25) is 4.90 Å². The lowest BCUT2D eigenvalue weighted by atomic mass is 10.2. The second kappa shape index (κ2) is 8.85. The third-order valence-electron chi connectivity index (χ3n) is 3.60. The quantitative estimate of drug-likeness (QED) is 0.744. The summed E-state index contributed by atoms with van der Waals surface area (Å²) in [7, 11) is 0. The molecule has 3 nitrogen and oxygen atoms in total. The van der Waals surface area contributed by atoms with Crippen LogP contribution in [0.4, 0.5) is 0 Å². The molecule has 0 fully saturated rings. The van der Waals surface area contributed by atoms with Crippen LogP contribution in [0.3, 0.4) is 0 Å². The van der Waals surface area contributed by atoms with Crippen LogP contribution in [0.15, 0.2) is 36.4 Å². The maximum absolute atomic E-state index is 5.88. The van der Waals surface area contributed by atoms with Crippen molar-refractivity contribution < 1.29 is 4.74 Å². The predicted molar refractivity (Wildman–Crippen MR) is 88.7 cm³/mol. The molecule has 0 spiro atoms. The Morgan fingerprint density at radius 3 is 2.95 bits per heavy atom. The monoisotopic (exact) mass is 288 g/mol. The molecule has 116 valence electrons. The number of nitrogens with one attached hydrogen (secondary N) is 1. The van der Waals surface area contributed by atoms with Gasteiger partial charge >= 0.3 is 0 Å². The molecular weight excluding hydrogens is 260 g/mol. The predicted octanol–water partition coefficient (Wildman–Crippen LogP) is 3.07. The number of benzene rings is 1. The summed E-state index contributed by atoms with van der Waals surface area (Å²) in [6.07, 6.45) is 5.66. The minimum atomic E-state index is 0.683. The van der Waals surface area contributed by atoms with Gasteiger partial charge < -0.3 is 10.1 Å². The second-order valence-corrected chi connectivity index (χ2v) is 6.08. The van der Waals surface area contributed by atoms with E-state index in [1.54, 1.807) is 0 Å². The fourth-order valence-electron chi connectivity index (χ4n) is 2.44. The molecule has 1 heterocycles. The summed E-state index contributed by atoms with van der Waals surface area (Å²) in [5, 5.41) is 3.46. The molecule has 0 aliphatic carbocycles. The Morgan fingerprint density at radius 2 is 2.19 bits per heavy atom. The van der Waals surface area contributed by atoms with Gasteiger partial charge in [0.25, 0.3) is 0 Å². The third-order valence-corrected chi connectivity index (χ3v) is 3.60. The number of hydrogen-bond acceptors (Lipinski definition) is 3. The van der Waals surface area contributed by atoms with Crippen molar-refractivity contribution in [2.45, 2.75) is 26.8 Å². The van der Waals surface area contributed by atoms with E-state index in [4.69, 9.17) is 4.74 Å². The average Bonchev–Trinajstić information content (AvgIpc) is 2.48. The number of rotatable bonds is 8. The van der Waals surface area contributed by atoms with Gasteiger partial charge in [0, 0.05) is 26.2 Å². The van der Waals surface area contributed by atoms with Gasteiger partial charge in [-0.25, -0.2) is 0 Å². The lowest BCUT2D eigenvalue weighted by molar-refractivity contribution is 0.221. The van der Waals surface area contributed by atoms with Gasteiger partial charge in [0.1, 0.15) is 12.4 Å². The third kappa shape index (κ3) is 6.32. The van der Waals surface area contributed by atoms with Crippen molar-refractivity contribution in [1.29, 1.82) is 0 Å². The normalized spacial score (nSPS) is 15.6. The Labute approximate surface area is 129 Å². The van der Waals surface area contributed by atoms with Crippen molar-refractivity contribution in [3.63, 3.8) is 0 Å². The maximum Gasteiger partial charge on any atom is 0.119 e. The second-order valence-electron chi connectivity index (χ2n) is 6.08. The molecule has 0 saturated carbocycles. The van der Waals surface area contributed by atoms with Crippen molar-refractivity contribution in [1.82, 2.24) is 10.2 Å². The summed E-state index contributed by atoms with van der Waals surface area (Å²) in [5.74, 6) is 1.66. The van der Waals surface area contributed by atoms with Crippen LogP contribution in [0.25, 0.3) is 0 Å². The van der Waals surface area contributed by atoms with Gasteiger partial charge in [-0.15, -0.1) is 0 Å². The molecule has 21 heavy (non-hydrogen) atoms. The summed E-state index contributed by atoms with van der Waals surface area (Å²) in [6.45, 7) is 10.4. The summed E-state index contributed by atoms with van der Waals surface area (Å²) in [6, 6.07) is 8.41. The van der Waals surface area contributed by atoms with Crippen molar-refractivity contribution in [2.75, 3.05) is 32.8 Å². The van der Waals surface area contributed by atoms with Crippen LogP contribution in [0.1, 0.15) is 25.8 Å². The Kier molecular flexibility index (Phi) is 6.77. The van der Waals surface area contributed by atoms with Crippen molar-refractivity contribution in [3.05, 3.63) is 42.0 Å². The zero-order chi connectivity index (χ0) is 14.9. The Bertz CT molecular complexity index is 443. The SMILES string of the molecule is CC(C)CNCc1cccc(OCCN2CC=CCC2)c1. The van der Waals surface area contributed by atoms with Gasteiger partial charge in [0.15, 0.2) is 0 Å². The van der Waals surface area contributed by atoms with E-state index in [9.17, 15) is 0 Å². The molecule has 2 rings (SSSR count). The first kappa shape index (κ1) is 16.1. The minimum Gasteiger partial charge on any atom is -0.492 e. The van der Waals surface area contributed by atoms with E-state index in [0.29, 0.717) is 5.92 Å². The molecule has 1 aromatic rings. The summed E-state index contributed by atoms with van der Waals surface area (Å²) in [5.41, 5.74) is 1.29. The largest absolute Gasteiger partial charge is 0.492 e. The van der Waals surface area contributed by atoms with Crippen LogP contribution in [-0.4, -0.2) is 37.7 Å². The van der Waals surface area contributed by atoms with Crippen LogP contribution in [0.2, 0.25) is 0 Å². The van der Waals surface area contributed by atoms with Gasteiger partial charge in [-0.2, -0.15) is 0 Å². The van der Waals surface area contributed by atoms with Crippen molar-refractivity contribution in [3.8, 4) is 5.75 Å². The minimum absolute atomic E-state index is 0.683. The molecule has 1 aliphatic heterocycles. The van der Waals surface area contributed by atoms with E-state index in [2.05, 4.69) is 54.4 Å². The highest BCUT2D eigenvalue weighted by molar-refractivity contribution is 5.28. The summed E-state index contributed by atoms with van der Waals surface area (Å²) in [4.78, 5) is 2.42. The fourth-order valence-corrected chi connectivity index (χ4v) is 2.44. The Morgan fingerprint density at radius 1 is 1.29 bits per heavy atom. The van der Waals surface area contributed by atoms with E-state index in [1.807, 2.05) is 6.07 Å². The van der Waals surface area contributed by atoms with Crippen LogP contribution in [-0.2, 0) is 6.54 Å². The average molecular weight is 288 g/mol. The van der Waals surface area contributed by atoms with Crippen LogP contribution < -0.4 is 10.1 Å². The lowest BCUT2D eigenvalue weighted by Gasteiger charge is -2.22. The molecule has 1 N–H and O–H groups in total. The molecule has 0 aromatic heterocycles. The smallest absolute Gasteiger partial charge is 0.119 e. The Balaban J connectivity index is 1.71. The zero-order valence-corrected chi connectivity index (χ0v) is 13.3. The molecule has 1 aliphatic rings. The molecule has 0 radical (unpaired) electrons. The molecule has 0 unspecified atom stereocenters. The number of nitrogens with zero attached hydrogens (tertiary/aromatic N) is 1. The first-order valence-electron chi connectivity index (χ1n) is 8.04. The molecule has 1 aromatic carbocycles. The first-order chi connectivity index (χ1) is 10.2. The van der Waals surface area contributed by atoms with E-state index >= 15 is 0 Å². The summed E-state index contributed by atoms with van der Waals surface area (Å²) < 4.78 is 5.88. The first-order valence-corrected chi connectivity index (χ1v) is 8.04. The van der Waals surface area contributed by atoms with E-state index < -0.39 is 0 Å². The molecule has 0 amide bonds. The van der Waals surface area contributed by atoms with E-state index in [-0.39, 0.29) is 0 Å². The molecule has 0 bridgehead atoms. The summed E-state index contributed by atoms with van der Waals surface area (Å²) >= 11 is 0. The highest BCUT2D eigenvalue weighted by atomic mass is 16.5. The number of ether oxygens (including phenoxy) is 1. The topological polar surface area (TPSA) is 24.5 Å². The van der Waals surface area contributed by atoms with Crippen LogP contribution in [0.5, 0.6) is 5.75 Å². The van der Waals surface area contributed by atoms with Crippen LogP contribution >= 0.6 is 0 Å². The molecule has 3 heteroatoms.